The lowest BCUT2D eigenvalue weighted by atomic mass is 9.95. The molecule has 1 aromatic rings. The van der Waals surface area contributed by atoms with Gasteiger partial charge in [-0.1, -0.05) is 39.8 Å². The van der Waals surface area contributed by atoms with E-state index in [-0.39, 0.29) is 0 Å². The lowest BCUT2D eigenvalue weighted by molar-refractivity contribution is 0.364. The Morgan fingerprint density at radius 2 is 1.77 bits per heavy atom. The van der Waals surface area contributed by atoms with E-state index < -0.39 is 0 Å². The van der Waals surface area contributed by atoms with E-state index in [1.165, 1.54) is 5.56 Å². The van der Waals surface area contributed by atoms with Gasteiger partial charge in [-0.05, 0) is 12.3 Å². The Labute approximate surface area is 80.3 Å². The van der Waals surface area contributed by atoms with Gasteiger partial charge in [-0.2, -0.15) is 0 Å². The second kappa shape index (κ2) is 3.95. The quantitative estimate of drug-likeness (QED) is 0.713. The first-order valence-electron chi connectivity index (χ1n) is 5.06. The minimum Gasteiger partial charge on any atom is -0.361 e. The van der Waals surface area contributed by atoms with Gasteiger partial charge in [0.05, 0.1) is 5.69 Å². The van der Waals surface area contributed by atoms with Crippen molar-refractivity contribution in [3.63, 3.8) is 0 Å². The molecule has 0 fully saturated rings. The molecule has 0 N–H and O–H groups in total. The molecular weight excluding hydrogens is 162 g/mol. The van der Waals surface area contributed by atoms with Crippen molar-refractivity contribution in [1.82, 2.24) is 5.16 Å². The highest BCUT2D eigenvalue weighted by Gasteiger charge is 2.19. The van der Waals surface area contributed by atoms with E-state index in [1.54, 1.807) is 0 Å². The predicted molar refractivity (Wildman–Crippen MR) is 54.1 cm³/mol. The van der Waals surface area contributed by atoms with Crippen LogP contribution in [0.15, 0.2) is 4.52 Å². The van der Waals surface area contributed by atoms with E-state index >= 15 is 0 Å². The molecule has 0 aliphatic carbocycles. The summed E-state index contributed by atoms with van der Waals surface area (Å²) in [6.45, 7) is 10.8. The van der Waals surface area contributed by atoms with Crippen LogP contribution in [0, 0.1) is 0 Å². The number of nitrogens with zero attached hydrogens (tertiary/aromatic N) is 1. The number of rotatable bonds is 3. The lowest BCUT2D eigenvalue weighted by Crippen LogP contribution is -1.97. The third kappa shape index (κ3) is 1.93. The predicted octanol–water partition coefficient (Wildman–Crippen LogP) is 3.48. The van der Waals surface area contributed by atoms with Crippen molar-refractivity contribution in [2.75, 3.05) is 0 Å². The number of aromatic nitrogens is 1. The van der Waals surface area contributed by atoms with Crippen molar-refractivity contribution in [2.45, 2.75) is 52.9 Å². The van der Waals surface area contributed by atoms with Crippen LogP contribution >= 0.6 is 0 Å². The van der Waals surface area contributed by atoms with Crippen molar-refractivity contribution in [3.05, 3.63) is 17.0 Å². The van der Waals surface area contributed by atoms with Gasteiger partial charge in [-0.25, -0.2) is 0 Å². The molecule has 0 aliphatic heterocycles. The minimum atomic E-state index is 0.435. The zero-order valence-electron chi connectivity index (χ0n) is 9.22. The second-order valence-corrected chi connectivity index (χ2v) is 4.07. The molecule has 0 radical (unpaired) electrons. The average molecular weight is 181 g/mol. The van der Waals surface area contributed by atoms with Crippen molar-refractivity contribution >= 4 is 0 Å². The molecule has 0 atom stereocenters. The molecule has 13 heavy (non-hydrogen) atoms. The fourth-order valence-electron chi connectivity index (χ4n) is 1.63. The highest BCUT2D eigenvalue weighted by molar-refractivity contribution is 5.28. The molecule has 2 nitrogen and oxygen atoms in total. The van der Waals surface area contributed by atoms with Crippen molar-refractivity contribution < 1.29 is 4.52 Å². The highest BCUT2D eigenvalue weighted by atomic mass is 16.5. The van der Waals surface area contributed by atoms with Crippen LogP contribution in [-0.4, -0.2) is 5.16 Å². The summed E-state index contributed by atoms with van der Waals surface area (Å²) in [5.41, 5.74) is 2.44. The first-order chi connectivity index (χ1) is 6.07. The van der Waals surface area contributed by atoms with E-state index in [4.69, 9.17) is 4.52 Å². The fourth-order valence-corrected chi connectivity index (χ4v) is 1.63. The van der Waals surface area contributed by atoms with Gasteiger partial charge in [0.2, 0.25) is 0 Å². The van der Waals surface area contributed by atoms with Gasteiger partial charge >= 0.3 is 0 Å². The third-order valence-electron chi connectivity index (χ3n) is 2.27. The van der Waals surface area contributed by atoms with Crippen LogP contribution in [0.5, 0.6) is 0 Å². The van der Waals surface area contributed by atoms with Crippen molar-refractivity contribution in [1.29, 1.82) is 0 Å². The molecular formula is C11H19NO. The topological polar surface area (TPSA) is 26.0 Å². The SMILES string of the molecule is CCc1noc(C(C)C)c1C(C)C. The first kappa shape index (κ1) is 10.3. The highest BCUT2D eigenvalue weighted by Crippen LogP contribution is 2.29. The average Bonchev–Trinajstić information content (AvgIpc) is 2.46. The van der Waals surface area contributed by atoms with Crippen LogP contribution in [-0.2, 0) is 6.42 Å². The van der Waals surface area contributed by atoms with E-state index in [0.29, 0.717) is 11.8 Å². The van der Waals surface area contributed by atoms with Crippen LogP contribution in [0.4, 0.5) is 0 Å². The summed E-state index contributed by atoms with van der Waals surface area (Å²) in [5, 5.41) is 4.10. The maximum Gasteiger partial charge on any atom is 0.142 e. The van der Waals surface area contributed by atoms with Gasteiger partial charge in [0.25, 0.3) is 0 Å². The Bertz CT molecular complexity index is 274. The van der Waals surface area contributed by atoms with E-state index in [1.807, 2.05) is 0 Å². The molecule has 0 aliphatic rings. The first-order valence-corrected chi connectivity index (χ1v) is 5.06. The summed E-state index contributed by atoms with van der Waals surface area (Å²) in [6, 6.07) is 0. The standard InChI is InChI=1S/C11H19NO/c1-6-9-10(7(2)3)11(8(4)5)13-12-9/h7-8H,6H2,1-5H3. The van der Waals surface area contributed by atoms with Crippen LogP contribution in [0.1, 0.15) is 63.5 Å². The molecule has 0 saturated carbocycles. The van der Waals surface area contributed by atoms with E-state index in [9.17, 15) is 0 Å². The molecule has 0 aromatic carbocycles. The zero-order chi connectivity index (χ0) is 10.0. The maximum absolute atomic E-state index is 5.36. The largest absolute Gasteiger partial charge is 0.361 e. The monoisotopic (exact) mass is 181 g/mol. The van der Waals surface area contributed by atoms with Crippen LogP contribution in [0.2, 0.25) is 0 Å². The van der Waals surface area contributed by atoms with Gasteiger partial charge in [0.1, 0.15) is 5.76 Å². The van der Waals surface area contributed by atoms with Gasteiger partial charge in [-0.3, -0.25) is 0 Å². The Balaban J connectivity index is 3.14. The normalized spacial score (nSPS) is 11.6. The van der Waals surface area contributed by atoms with Gasteiger partial charge in [0, 0.05) is 11.5 Å². The Morgan fingerprint density at radius 1 is 1.15 bits per heavy atom. The van der Waals surface area contributed by atoms with Crippen LogP contribution in [0.25, 0.3) is 0 Å². The van der Waals surface area contributed by atoms with E-state index in [2.05, 4.69) is 39.8 Å². The molecule has 1 heterocycles. The number of hydrogen-bond donors (Lipinski definition) is 0. The summed E-state index contributed by atoms with van der Waals surface area (Å²) in [6.07, 6.45) is 0.962. The molecule has 74 valence electrons. The Morgan fingerprint density at radius 3 is 2.15 bits per heavy atom. The van der Waals surface area contributed by atoms with E-state index in [0.717, 1.165) is 17.9 Å². The number of aryl methyl sites for hydroxylation is 1. The lowest BCUT2D eigenvalue weighted by Gasteiger charge is -2.08. The second-order valence-electron chi connectivity index (χ2n) is 4.07. The number of hydrogen-bond acceptors (Lipinski definition) is 2. The summed E-state index contributed by atoms with van der Waals surface area (Å²) < 4.78 is 5.36. The molecule has 2 heteroatoms. The molecule has 1 rings (SSSR count). The molecule has 0 spiro atoms. The van der Waals surface area contributed by atoms with Gasteiger partial charge in [-0.15, -0.1) is 0 Å². The molecule has 1 aromatic heterocycles. The summed E-state index contributed by atoms with van der Waals surface area (Å²) in [4.78, 5) is 0. The summed E-state index contributed by atoms with van der Waals surface area (Å²) in [5.74, 6) is 2.01. The Kier molecular flexibility index (Phi) is 3.12. The maximum atomic E-state index is 5.36. The third-order valence-corrected chi connectivity index (χ3v) is 2.27. The minimum absolute atomic E-state index is 0.435. The fraction of sp³-hybridized carbons (Fsp3) is 0.727. The van der Waals surface area contributed by atoms with Crippen molar-refractivity contribution in [3.8, 4) is 0 Å². The van der Waals surface area contributed by atoms with Crippen LogP contribution < -0.4 is 0 Å². The van der Waals surface area contributed by atoms with Crippen molar-refractivity contribution in [2.24, 2.45) is 0 Å². The van der Waals surface area contributed by atoms with Crippen LogP contribution in [0.3, 0.4) is 0 Å². The summed E-state index contributed by atoms with van der Waals surface area (Å²) in [7, 11) is 0. The summed E-state index contributed by atoms with van der Waals surface area (Å²) >= 11 is 0. The Hall–Kier alpha value is -0.790. The van der Waals surface area contributed by atoms with Gasteiger partial charge < -0.3 is 4.52 Å². The molecule has 0 saturated heterocycles. The molecule has 0 unspecified atom stereocenters. The molecule has 0 amide bonds. The smallest absolute Gasteiger partial charge is 0.142 e. The van der Waals surface area contributed by atoms with Gasteiger partial charge in [0.15, 0.2) is 0 Å². The zero-order valence-corrected chi connectivity index (χ0v) is 9.22. The molecule has 0 bridgehead atoms.